The predicted octanol–water partition coefficient (Wildman–Crippen LogP) is 1.09. The van der Waals surface area contributed by atoms with Gasteiger partial charge in [-0.05, 0) is 13.0 Å². The van der Waals surface area contributed by atoms with Crippen LogP contribution in [0.3, 0.4) is 0 Å². The van der Waals surface area contributed by atoms with E-state index in [1.165, 1.54) is 0 Å². The third kappa shape index (κ3) is 1.96. The van der Waals surface area contributed by atoms with E-state index >= 15 is 0 Å². The molecule has 0 aliphatic heterocycles. The van der Waals surface area contributed by atoms with Gasteiger partial charge in [0.1, 0.15) is 5.15 Å². The van der Waals surface area contributed by atoms with Gasteiger partial charge >= 0.3 is 0 Å². The molecule has 86 valence electrons. The smallest absolute Gasteiger partial charge is 0.132 e. The van der Waals surface area contributed by atoms with Crippen LogP contribution in [-0.4, -0.2) is 19.6 Å². The summed E-state index contributed by atoms with van der Waals surface area (Å²) in [5.41, 5.74) is 8.30. The van der Waals surface area contributed by atoms with E-state index in [4.69, 9.17) is 17.3 Å². The fourth-order valence-corrected chi connectivity index (χ4v) is 1.85. The number of nitrogens with two attached hydrogens (primary N) is 1. The van der Waals surface area contributed by atoms with Crippen molar-refractivity contribution in [2.75, 3.05) is 0 Å². The Labute approximate surface area is 98.8 Å². The van der Waals surface area contributed by atoms with Crippen LogP contribution in [0.4, 0.5) is 0 Å². The van der Waals surface area contributed by atoms with Gasteiger partial charge < -0.3 is 5.73 Å². The van der Waals surface area contributed by atoms with Crippen LogP contribution in [-0.2, 0) is 20.1 Å². The SMILES string of the molecule is Cc1nn(C)c(Cl)c1Cn1ccc(CN)n1. The largest absolute Gasteiger partial charge is 0.325 e. The molecule has 0 saturated carbocycles. The predicted molar refractivity (Wildman–Crippen MR) is 62.2 cm³/mol. The Morgan fingerprint density at radius 3 is 2.69 bits per heavy atom. The van der Waals surface area contributed by atoms with E-state index in [1.807, 2.05) is 30.9 Å². The lowest BCUT2D eigenvalue weighted by atomic mass is 10.3. The van der Waals surface area contributed by atoms with Gasteiger partial charge in [0.2, 0.25) is 0 Å². The number of aromatic nitrogens is 4. The zero-order chi connectivity index (χ0) is 11.7. The van der Waals surface area contributed by atoms with Crippen molar-refractivity contribution in [3.63, 3.8) is 0 Å². The monoisotopic (exact) mass is 239 g/mol. The molecule has 16 heavy (non-hydrogen) atoms. The van der Waals surface area contributed by atoms with Crippen molar-refractivity contribution < 1.29 is 0 Å². The summed E-state index contributed by atoms with van der Waals surface area (Å²) < 4.78 is 3.48. The highest BCUT2D eigenvalue weighted by atomic mass is 35.5. The molecule has 2 aromatic rings. The van der Waals surface area contributed by atoms with Gasteiger partial charge in [-0.15, -0.1) is 0 Å². The van der Waals surface area contributed by atoms with Crippen molar-refractivity contribution in [2.45, 2.75) is 20.0 Å². The van der Waals surface area contributed by atoms with E-state index in [0.29, 0.717) is 18.2 Å². The van der Waals surface area contributed by atoms with E-state index in [2.05, 4.69) is 10.2 Å². The number of hydrogen-bond donors (Lipinski definition) is 1. The van der Waals surface area contributed by atoms with Crippen molar-refractivity contribution in [1.29, 1.82) is 0 Å². The lowest BCUT2D eigenvalue weighted by Gasteiger charge is -2.01. The van der Waals surface area contributed by atoms with Crippen LogP contribution in [0.1, 0.15) is 17.0 Å². The molecule has 0 atom stereocenters. The average Bonchev–Trinajstić information content (AvgIpc) is 2.80. The van der Waals surface area contributed by atoms with Crippen molar-refractivity contribution in [2.24, 2.45) is 12.8 Å². The Hall–Kier alpha value is -1.33. The second-order valence-corrected chi connectivity index (χ2v) is 4.05. The zero-order valence-corrected chi connectivity index (χ0v) is 10.1. The highest BCUT2D eigenvalue weighted by Crippen LogP contribution is 2.19. The first-order chi connectivity index (χ1) is 7.61. The van der Waals surface area contributed by atoms with E-state index in [1.54, 1.807) is 4.68 Å². The van der Waals surface area contributed by atoms with Crippen LogP contribution in [0.5, 0.6) is 0 Å². The van der Waals surface area contributed by atoms with Gasteiger partial charge in [-0.1, -0.05) is 11.6 Å². The Balaban J connectivity index is 2.26. The first-order valence-corrected chi connectivity index (χ1v) is 5.40. The molecule has 0 saturated heterocycles. The van der Waals surface area contributed by atoms with Crippen LogP contribution >= 0.6 is 11.6 Å². The van der Waals surface area contributed by atoms with Crippen LogP contribution in [0.2, 0.25) is 5.15 Å². The lowest BCUT2D eigenvalue weighted by molar-refractivity contribution is 0.669. The first-order valence-electron chi connectivity index (χ1n) is 5.02. The minimum absolute atomic E-state index is 0.451. The summed E-state index contributed by atoms with van der Waals surface area (Å²) in [5.74, 6) is 0. The molecule has 0 radical (unpaired) electrons. The average molecular weight is 240 g/mol. The molecular formula is C10H14ClN5. The van der Waals surface area contributed by atoms with Crippen LogP contribution in [0, 0.1) is 6.92 Å². The second kappa shape index (κ2) is 4.27. The second-order valence-electron chi connectivity index (χ2n) is 3.69. The Morgan fingerprint density at radius 2 is 2.19 bits per heavy atom. The lowest BCUT2D eigenvalue weighted by Crippen LogP contribution is -2.04. The summed E-state index contributed by atoms with van der Waals surface area (Å²) >= 11 is 6.14. The molecule has 0 aromatic carbocycles. The molecule has 2 rings (SSSR count). The molecule has 2 N–H and O–H groups in total. The van der Waals surface area contributed by atoms with Crippen molar-refractivity contribution in [1.82, 2.24) is 19.6 Å². The molecule has 0 aliphatic rings. The van der Waals surface area contributed by atoms with Gasteiger partial charge in [0.25, 0.3) is 0 Å². The van der Waals surface area contributed by atoms with Gasteiger partial charge in [-0.2, -0.15) is 10.2 Å². The maximum absolute atomic E-state index is 6.14. The minimum atomic E-state index is 0.451. The fraction of sp³-hybridized carbons (Fsp3) is 0.400. The van der Waals surface area contributed by atoms with Crippen LogP contribution < -0.4 is 5.73 Å². The highest BCUT2D eigenvalue weighted by Gasteiger charge is 2.11. The third-order valence-corrected chi connectivity index (χ3v) is 2.97. The van der Waals surface area contributed by atoms with Crippen molar-refractivity contribution in [3.8, 4) is 0 Å². The summed E-state index contributed by atoms with van der Waals surface area (Å²) in [7, 11) is 1.83. The van der Waals surface area contributed by atoms with Gasteiger partial charge in [-0.3, -0.25) is 9.36 Å². The molecule has 0 bridgehead atoms. The maximum Gasteiger partial charge on any atom is 0.132 e. The fourth-order valence-electron chi connectivity index (χ4n) is 1.62. The normalized spacial score (nSPS) is 11.0. The number of rotatable bonds is 3. The van der Waals surface area contributed by atoms with Gasteiger partial charge in [0, 0.05) is 25.4 Å². The quantitative estimate of drug-likeness (QED) is 0.872. The molecule has 0 unspecified atom stereocenters. The number of aryl methyl sites for hydroxylation is 2. The van der Waals surface area contributed by atoms with E-state index in [9.17, 15) is 0 Å². The molecule has 5 nitrogen and oxygen atoms in total. The molecule has 0 amide bonds. The van der Waals surface area contributed by atoms with E-state index < -0.39 is 0 Å². The zero-order valence-electron chi connectivity index (χ0n) is 9.31. The molecule has 0 spiro atoms. The molecule has 6 heteroatoms. The van der Waals surface area contributed by atoms with E-state index in [0.717, 1.165) is 17.0 Å². The summed E-state index contributed by atoms with van der Waals surface area (Å²) in [6.45, 7) is 3.01. The summed E-state index contributed by atoms with van der Waals surface area (Å²) in [4.78, 5) is 0. The molecule has 2 aromatic heterocycles. The van der Waals surface area contributed by atoms with Gasteiger partial charge in [0.15, 0.2) is 0 Å². The number of nitrogens with zero attached hydrogens (tertiary/aromatic N) is 4. The van der Waals surface area contributed by atoms with Crippen LogP contribution in [0.25, 0.3) is 0 Å². The first kappa shape index (κ1) is 11.2. The molecule has 0 aliphatic carbocycles. The van der Waals surface area contributed by atoms with Gasteiger partial charge in [0.05, 0.1) is 17.9 Å². The van der Waals surface area contributed by atoms with Crippen LogP contribution in [0.15, 0.2) is 12.3 Å². The molecular weight excluding hydrogens is 226 g/mol. The molecule has 2 heterocycles. The van der Waals surface area contributed by atoms with Crippen molar-refractivity contribution in [3.05, 3.63) is 34.4 Å². The number of halogens is 1. The minimum Gasteiger partial charge on any atom is -0.325 e. The molecule has 0 fully saturated rings. The van der Waals surface area contributed by atoms with E-state index in [-0.39, 0.29) is 0 Å². The Morgan fingerprint density at radius 1 is 1.44 bits per heavy atom. The summed E-state index contributed by atoms with van der Waals surface area (Å²) in [6, 6.07) is 1.90. The highest BCUT2D eigenvalue weighted by molar-refractivity contribution is 6.30. The topological polar surface area (TPSA) is 61.7 Å². The number of hydrogen-bond acceptors (Lipinski definition) is 3. The van der Waals surface area contributed by atoms with Gasteiger partial charge in [-0.25, -0.2) is 0 Å². The summed E-state index contributed by atoms with van der Waals surface area (Å²) in [5, 5.41) is 9.22. The third-order valence-electron chi connectivity index (χ3n) is 2.50. The maximum atomic E-state index is 6.14. The standard InChI is InChI=1S/C10H14ClN5/c1-7-9(10(11)15(2)13-7)6-16-4-3-8(5-12)14-16/h3-4H,5-6,12H2,1-2H3. The summed E-state index contributed by atoms with van der Waals surface area (Å²) in [6.07, 6.45) is 1.89. The Kier molecular flexibility index (Phi) is 2.98. The Bertz CT molecular complexity index is 499. The van der Waals surface area contributed by atoms with Crippen molar-refractivity contribution >= 4 is 11.6 Å².